The zero-order chi connectivity index (χ0) is 16.4. The molecule has 3 N–H and O–H groups in total. The van der Waals surface area contributed by atoms with Crippen molar-refractivity contribution < 1.29 is 9.53 Å². The Hall–Kier alpha value is -0.870. The number of hydrogen-bond donors (Lipinski definition) is 3. The fraction of sp³-hybridized carbons (Fsp3) is 0.600. The summed E-state index contributed by atoms with van der Waals surface area (Å²) in [6.45, 7) is 5.41. The fourth-order valence-electron chi connectivity index (χ4n) is 1.89. The van der Waals surface area contributed by atoms with Gasteiger partial charge in [0.25, 0.3) is 0 Å². The van der Waals surface area contributed by atoms with Gasteiger partial charge in [-0.3, -0.25) is 9.79 Å². The van der Waals surface area contributed by atoms with Gasteiger partial charge in [-0.2, -0.15) is 0 Å². The van der Waals surface area contributed by atoms with Gasteiger partial charge in [-0.15, -0.1) is 35.3 Å². The van der Waals surface area contributed by atoms with Crippen molar-refractivity contribution in [3.05, 3.63) is 21.9 Å². The first-order valence-corrected chi connectivity index (χ1v) is 8.15. The molecule has 1 heterocycles. The van der Waals surface area contributed by atoms with Crippen LogP contribution in [0, 0.1) is 6.92 Å². The summed E-state index contributed by atoms with van der Waals surface area (Å²) in [5, 5.41) is 9.05. The molecule has 0 spiro atoms. The molecule has 0 fully saturated rings. The highest BCUT2D eigenvalue weighted by Crippen LogP contribution is 2.16. The number of hydrogen-bond acceptors (Lipinski definition) is 4. The molecule has 1 atom stereocenters. The second kappa shape index (κ2) is 12.5. The molecular formula is C15H27IN4O2S. The average molecular weight is 454 g/mol. The molecule has 0 radical (unpaired) electrons. The van der Waals surface area contributed by atoms with E-state index < -0.39 is 0 Å². The number of nitrogens with zero attached hydrogens (tertiary/aromatic N) is 1. The zero-order valence-electron chi connectivity index (χ0n) is 14.1. The molecule has 0 aromatic carbocycles. The third kappa shape index (κ3) is 9.77. The maximum absolute atomic E-state index is 11.6. The van der Waals surface area contributed by atoms with Crippen molar-refractivity contribution >= 4 is 47.2 Å². The molecule has 0 saturated carbocycles. The van der Waals surface area contributed by atoms with E-state index in [1.54, 1.807) is 25.5 Å². The molecule has 1 amide bonds. The molecule has 0 aliphatic rings. The third-order valence-corrected chi connectivity index (χ3v) is 3.98. The summed E-state index contributed by atoms with van der Waals surface area (Å²) in [5.74, 6) is 0.546. The number of amides is 1. The second-order valence-corrected chi connectivity index (χ2v) is 6.40. The molecule has 1 aromatic heterocycles. The lowest BCUT2D eigenvalue weighted by atomic mass is 10.2. The summed E-state index contributed by atoms with van der Waals surface area (Å²) < 4.78 is 4.88. The summed E-state index contributed by atoms with van der Waals surface area (Å²) in [6.07, 6.45) is 0.930. The predicted molar refractivity (Wildman–Crippen MR) is 107 cm³/mol. The molecular weight excluding hydrogens is 427 g/mol. The summed E-state index contributed by atoms with van der Waals surface area (Å²) >= 11 is 1.80. The Morgan fingerprint density at radius 3 is 2.70 bits per heavy atom. The molecule has 1 aromatic rings. The predicted octanol–water partition coefficient (Wildman–Crippen LogP) is 1.53. The van der Waals surface area contributed by atoms with Crippen LogP contribution in [0.5, 0.6) is 0 Å². The topological polar surface area (TPSA) is 74.8 Å². The van der Waals surface area contributed by atoms with Crippen LogP contribution in [0.15, 0.2) is 17.1 Å². The van der Waals surface area contributed by atoms with Gasteiger partial charge in [0.1, 0.15) is 0 Å². The van der Waals surface area contributed by atoms with Crippen LogP contribution in [0.2, 0.25) is 0 Å². The molecule has 1 unspecified atom stereocenters. The van der Waals surface area contributed by atoms with Crippen molar-refractivity contribution in [2.24, 2.45) is 4.99 Å². The minimum Gasteiger partial charge on any atom is -0.383 e. The molecule has 0 saturated heterocycles. The monoisotopic (exact) mass is 454 g/mol. The van der Waals surface area contributed by atoms with E-state index in [0.29, 0.717) is 19.1 Å². The van der Waals surface area contributed by atoms with Crippen molar-refractivity contribution in [1.82, 2.24) is 16.0 Å². The Kier molecular flexibility index (Phi) is 12.1. The number of carbonyl (C=O) groups is 1. The first-order chi connectivity index (χ1) is 10.5. The molecule has 0 bridgehead atoms. The van der Waals surface area contributed by atoms with Crippen LogP contribution in [-0.2, 0) is 16.0 Å². The number of carbonyl (C=O) groups excluding carboxylic acids is 1. The number of aryl methyl sites for hydroxylation is 1. The minimum atomic E-state index is -0.0819. The normalized spacial score (nSPS) is 12.3. The molecule has 6 nitrogen and oxygen atoms in total. The molecule has 132 valence electrons. The van der Waals surface area contributed by atoms with E-state index in [4.69, 9.17) is 4.74 Å². The molecule has 8 heteroatoms. The fourth-order valence-corrected chi connectivity index (χ4v) is 2.91. The van der Waals surface area contributed by atoms with Crippen LogP contribution in [0.1, 0.15) is 16.7 Å². The molecule has 1 rings (SSSR count). The summed E-state index contributed by atoms with van der Waals surface area (Å²) in [4.78, 5) is 18.4. The first-order valence-electron chi connectivity index (χ1n) is 7.33. The number of halogens is 1. The number of thiophene rings is 1. The molecule has 0 aliphatic carbocycles. The van der Waals surface area contributed by atoms with Gasteiger partial charge in [-0.05, 0) is 26.0 Å². The van der Waals surface area contributed by atoms with E-state index in [-0.39, 0.29) is 42.5 Å². The van der Waals surface area contributed by atoms with Gasteiger partial charge in [0.2, 0.25) is 5.91 Å². The summed E-state index contributed by atoms with van der Waals surface area (Å²) in [7, 11) is 3.30. The average Bonchev–Trinajstić information content (AvgIpc) is 2.88. The van der Waals surface area contributed by atoms with Crippen molar-refractivity contribution in [2.45, 2.75) is 26.3 Å². The van der Waals surface area contributed by atoms with Crippen LogP contribution in [0.3, 0.4) is 0 Å². The van der Waals surface area contributed by atoms with Gasteiger partial charge in [-0.25, -0.2) is 0 Å². The van der Waals surface area contributed by atoms with Gasteiger partial charge in [0.05, 0.1) is 13.2 Å². The van der Waals surface area contributed by atoms with Crippen LogP contribution < -0.4 is 16.0 Å². The Morgan fingerprint density at radius 2 is 2.13 bits per heavy atom. The van der Waals surface area contributed by atoms with Crippen molar-refractivity contribution in [1.29, 1.82) is 0 Å². The van der Waals surface area contributed by atoms with Gasteiger partial charge in [0, 0.05) is 42.9 Å². The Bertz CT molecular complexity index is 494. The number of guanidine groups is 1. The maximum Gasteiger partial charge on any atom is 0.239 e. The van der Waals surface area contributed by atoms with Crippen LogP contribution in [0.25, 0.3) is 0 Å². The Balaban J connectivity index is 0.00000484. The number of nitrogens with one attached hydrogen (secondary N) is 3. The van der Waals surface area contributed by atoms with E-state index in [1.807, 2.05) is 0 Å². The van der Waals surface area contributed by atoms with Crippen molar-refractivity contribution in [3.63, 3.8) is 0 Å². The smallest absolute Gasteiger partial charge is 0.239 e. The van der Waals surface area contributed by atoms with Gasteiger partial charge in [0.15, 0.2) is 5.96 Å². The lowest BCUT2D eigenvalue weighted by molar-refractivity contribution is -0.120. The van der Waals surface area contributed by atoms with Gasteiger partial charge < -0.3 is 20.7 Å². The minimum absolute atomic E-state index is 0. The highest BCUT2D eigenvalue weighted by atomic mass is 127. The van der Waals surface area contributed by atoms with E-state index in [2.05, 4.69) is 46.9 Å². The Labute approximate surface area is 159 Å². The second-order valence-electron chi connectivity index (χ2n) is 5.03. The van der Waals surface area contributed by atoms with Crippen LogP contribution >= 0.6 is 35.3 Å². The Morgan fingerprint density at radius 1 is 1.39 bits per heavy atom. The highest BCUT2D eigenvalue weighted by Gasteiger charge is 2.09. The lowest BCUT2D eigenvalue weighted by Crippen LogP contribution is -2.46. The lowest BCUT2D eigenvalue weighted by Gasteiger charge is -2.17. The number of aliphatic imine (C=N–C) groups is 1. The standard InChI is InChI=1S/C15H26N4O2S.HI/c1-11(9-13-6-5-12(2)22-13)19-15(16-3)18-10-14(20)17-7-8-21-4;/h5-6,11H,7-10H2,1-4H3,(H,17,20)(H2,16,18,19);1H. The van der Waals surface area contributed by atoms with Gasteiger partial charge in [-0.1, -0.05) is 0 Å². The third-order valence-electron chi connectivity index (χ3n) is 2.95. The van der Waals surface area contributed by atoms with Crippen LogP contribution in [0.4, 0.5) is 0 Å². The van der Waals surface area contributed by atoms with Crippen molar-refractivity contribution in [3.8, 4) is 0 Å². The largest absolute Gasteiger partial charge is 0.383 e. The van der Waals surface area contributed by atoms with Gasteiger partial charge >= 0.3 is 0 Å². The number of ether oxygens (including phenoxy) is 1. The quantitative estimate of drug-likeness (QED) is 0.241. The summed E-state index contributed by atoms with van der Waals surface area (Å²) in [6, 6.07) is 4.52. The van der Waals surface area contributed by atoms with E-state index >= 15 is 0 Å². The van der Waals surface area contributed by atoms with E-state index in [9.17, 15) is 4.79 Å². The van der Waals surface area contributed by atoms with E-state index in [1.165, 1.54) is 9.75 Å². The van der Waals surface area contributed by atoms with Crippen LogP contribution in [-0.4, -0.2) is 51.8 Å². The molecule has 23 heavy (non-hydrogen) atoms. The first kappa shape index (κ1) is 22.1. The highest BCUT2D eigenvalue weighted by molar-refractivity contribution is 14.0. The SMILES string of the molecule is CN=C(NCC(=O)NCCOC)NC(C)Cc1ccc(C)s1.I. The maximum atomic E-state index is 11.6. The van der Waals surface area contributed by atoms with E-state index in [0.717, 1.165) is 6.42 Å². The summed E-state index contributed by atoms with van der Waals surface area (Å²) in [5.41, 5.74) is 0. The molecule has 0 aliphatic heterocycles. The zero-order valence-corrected chi connectivity index (χ0v) is 17.3. The number of rotatable bonds is 8. The van der Waals surface area contributed by atoms with Crippen molar-refractivity contribution in [2.75, 3.05) is 33.9 Å². The number of methoxy groups -OCH3 is 1.